The number of hydrogen-bond acceptors (Lipinski definition) is 4. The predicted octanol–water partition coefficient (Wildman–Crippen LogP) is 0.690. The van der Waals surface area contributed by atoms with Crippen LogP contribution in [-0.2, 0) is 9.53 Å². The summed E-state index contributed by atoms with van der Waals surface area (Å²) in [6, 6.07) is 0. The Balaban J connectivity index is 2.26. The van der Waals surface area contributed by atoms with E-state index in [1.165, 1.54) is 0 Å². The van der Waals surface area contributed by atoms with E-state index in [1.54, 1.807) is 6.92 Å². The number of ether oxygens (including phenoxy) is 1. The van der Waals surface area contributed by atoms with Gasteiger partial charge in [0.15, 0.2) is 0 Å². The molecule has 1 aliphatic rings. The van der Waals surface area contributed by atoms with Gasteiger partial charge in [-0.1, -0.05) is 6.92 Å². The van der Waals surface area contributed by atoms with Crippen molar-refractivity contribution in [1.29, 1.82) is 0 Å². The number of rotatable bonds is 6. The first kappa shape index (κ1) is 12.5. The predicted molar refractivity (Wildman–Crippen MR) is 57.5 cm³/mol. The fourth-order valence-electron chi connectivity index (χ4n) is 1.73. The topological polar surface area (TPSA) is 58.6 Å². The van der Waals surface area contributed by atoms with Gasteiger partial charge in [-0.15, -0.1) is 0 Å². The molecule has 88 valence electrons. The second-order valence-electron chi connectivity index (χ2n) is 4.33. The van der Waals surface area contributed by atoms with Gasteiger partial charge in [0, 0.05) is 12.1 Å². The van der Waals surface area contributed by atoms with Gasteiger partial charge < -0.3 is 15.2 Å². The van der Waals surface area contributed by atoms with E-state index in [0.29, 0.717) is 13.2 Å². The van der Waals surface area contributed by atoms with Crippen molar-refractivity contribution in [3.05, 3.63) is 0 Å². The average molecular weight is 215 g/mol. The van der Waals surface area contributed by atoms with Gasteiger partial charge in [0.05, 0.1) is 19.1 Å². The molecule has 1 rings (SSSR count). The van der Waals surface area contributed by atoms with Gasteiger partial charge in [-0.2, -0.15) is 0 Å². The van der Waals surface area contributed by atoms with Crippen molar-refractivity contribution < 1.29 is 14.6 Å². The minimum absolute atomic E-state index is 0.124. The van der Waals surface area contributed by atoms with Crippen molar-refractivity contribution in [2.75, 3.05) is 19.8 Å². The molecular weight excluding hydrogens is 194 g/mol. The minimum Gasteiger partial charge on any atom is -0.466 e. The van der Waals surface area contributed by atoms with Crippen molar-refractivity contribution in [1.82, 2.24) is 5.32 Å². The Hall–Kier alpha value is -0.610. The Morgan fingerprint density at radius 2 is 2.27 bits per heavy atom. The van der Waals surface area contributed by atoms with E-state index in [1.807, 2.05) is 6.92 Å². The van der Waals surface area contributed by atoms with Crippen LogP contribution in [0.25, 0.3) is 0 Å². The number of carbonyl (C=O) groups excluding carboxylic acids is 1. The molecule has 0 aromatic carbocycles. The highest BCUT2D eigenvalue weighted by Gasteiger charge is 2.36. The van der Waals surface area contributed by atoms with Gasteiger partial charge in [0.2, 0.25) is 0 Å². The quantitative estimate of drug-likeness (QED) is 0.640. The van der Waals surface area contributed by atoms with Crippen molar-refractivity contribution in [3.8, 4) is 0 Å². The largest absolute Gasteiger partial charge is 0.466 e. The van der Waals surface area contributed by atoms with E-state index in [9.17, 15) is 9.90 Å². The molecule has 0 radical (unpaired) electrons. The zero-order valence-corrected chi connectivity index (χ0v) is 9.58. The number of esters is 1. The van der Waals surface area contributed by atoms with Gasteiger partial charge in [-0.25, -0.2) is 0 Å². The lowest BCUT2D eigenvalue weighted by atomic mass is 9.77. The molecule has 0 saturated heterocycles. The van der Waals surface area contributed by atoms with E-state index in [2.05, 4.69) is 5.32 Å². The lowest BCUT2D eigenvalue weighted by Gasteiger charge is -2.41. The summed E-state index contributed by atoms with van der Waals surface area (Å²) in [5.74, 6) is -0.314. The molecule has 1 fully saturated rings. The molecule has 1 saturated carbocycles. The third-order valence-corrected chi connectivity index (χ3v) is 3.09. The molecule has 4 nitrogen and oxygen atoms in total. The van der Waals surface area contributed by atoms with Gasteiger partial charge in [0.1, 0.15) is 0 Å². The SMILES string of the molecule is CCOC(=O)C(C)CNC1(CO)CCC1. The summed E-state index contributed by atoms with van der Waals surface area (Å²) in [6.07, 6.45) is 3.15. The Bertz CT molecular complexity index is 208. The highest BCUT2D eigenvalue weighted by Crippen LogP contribution is 2.31. The van der Waals surface area contributed by atoms with E-state index in [-0.39, 0.29) is 24.0 Å². The van der Waals surface area contributed by atoms with Crippen molar-refractivity contribution in [2.24, 2.45) is 5.92 Å². The van der Waals surface area contributed by atoms with Crippen LogP contribution in [0.5, 0.6) is 0 Å². The van der Waals surface area contributed by atoms with Crippen LogP contribution in [0.4, 0.5) is 0 Å². The van der Waals surface area contributed by atoms with Crippen LogP contribution < -0.4 is 5.32 Å². The maximum Gasteiger partial charge on any atom is 0.309 e. The van der Waals surface area contributed by atoms with Crippen LogP contribution in [0.1, 0.15) is 33.1 Å². The summed E-state index contributed by atoms with van der Waals surface area (Å²) in [7, 11) is 0. The smallest absolute Gasteiger partial charge is 0.309 e. The monoisotopic (exact) mass is 215 g/mol. The summed E-state index contributed by atoms with van der Waals surface area (Å²) >= 11 is 0. The molecule has 0 heterocycles. The first-order chi connectivity index (χ1) is 7.13. The molecule has 2 N–H and O–H groups in total. The third kappa shape index (κ3) is 3.18. The molecule has 0 aliphatic heterocycles. The molecule has 0 bridgehead atoms. The highest BCUT2D eigenvalue weighted by atomic mass is 16.5. The van der Waals surface area contributed by atoms with Gasteiger partial charge in [-0.3, -0.25) is 4.79 Å². The van der Waals surface area contributed by atoms with Gasteiger partial charge >= 0.3 is 5.97 Å². The van der Waals surface area contributed by atoms with Crippen LogP contribution in [-0.4, -0.2) is 36.4 Å². The van der Waals surface area contributed by atoms with Gasteiger partial charge in [0.25, 0.3) is 0 Å². The summed E-state index contributed by atoms with van der Waals surface area (Å²) < 4.78 is 4.91. The second kappa shape index (κ2) is 5.47. The number of aliphatic hydroxyl groups is 1. The third-order valence-electron chi connectivity index (χ3n) is 3.09. The lowest BCUT2D eigenvalue weighted by molar-refractivity contribution is -0.147. The zero-order chi connectivity index (χ0) is 11.3. The number of nitrogens with one attached hydrogen (secondary N) is 1. The van der Waals surface area contributed by atoms with Crippen molar-refractivity contribution >= 4 is 5.97 Å². The maximum absolute atomic E-state index is 11.3. The van der Waals surface area contributed by atoms with E-state index >= 15 is 0 Å². The molecule has 15 heavy (non-hydrogen) atoms. The molecule has 0 amide bonds. The van der Waals surface area contributed by atoms with Crippen LogP contribution in [0.15, 0.2) is 0 Å². The molecule has 1 atom stereocenters. The second-order valence-corrected chi connectivity index (χ2v) is 4.33. The Morgan fingerprint density at radius 1 is 1.60 bits per heavy atom. The Labute approximate surface area is 91.0 Å². The molecule has 0 aromatic rings. The zero-order valence-electron chi connectivity index (χ0n) is 9.58. The minimum atomic E-state index is -0.169. The van der Waals surface area contributed by atoms with Gasteiger partial charge in [-0.05, 0) is 26.2 Å². The van der Waals surface area contributed by atoms with Crippen LogP contribution in [0.3, 0.4) is 0 Å². The van der Waals surface area contributed by atoms with E-state index < -0.39 is 0 Å². The summed E-state index contributed by atoms with van der Waals surface area (Å²) in [5, 5.41) is 12.5. The number of carbonyl (C=O) groups is 1. The average Bonchev–Trinajstić information content (AvgIpc) is 2.17. The maximum atomic E-state index is 11.3. The molecule has 0 aromatic heterocycles. The first-order valence-electron chi connectivity index (χ1n) is 5.66. The first-order valence-corrected chi connectivity index (χ1v) is 5.66. The summed E-state index contributed by atoms with van der Waals surface area (Å²) in [5.41, 5.74) is -0.124. The van der Waals surface area contributed by atoms with E-state index in [4.69, 9.17) is 4.74 Å². The lowest BCUT2D eigenvalue weighted by Crippen LogP contribution is -2.55. The molecule has 4 heteroatoms. The van der Waals surface area contributed by atoms with Crippen LogP contribution in [0.2, 0.25) is 0 Å². The Morgan fingerprint density at radius 3 is 2.67 bits per heavy atom. The summed E-state index contributed by atoms with van der Waals surface area (Å²) in [4.78, 5) is 11.3. The molecule has 1 aliphatic carbocycles. The fourth-order valence-corrected chi connectivity index (χ4v) is 1.73. The van der Waals surface area contributed by atoms with Crippen LogP contribution >= 0.6 is 0 Å². The van der Waals surface area contributed by atoms with Crippen LogP contribution in [0, 0.1) is 5.92 Å². The number of aliphatic hydroxyl groups excluding tert-OH is 1. The standard InChI is InChI=1S/C11H21NO3/c1-3-15-10(14)9(2)7-12-11(8-13)5-4-6-11/h9,12-13H,3-8H2,1-2H3. The normalized spacial score (nSPS) is 20.5. The summed E-state index contributed by atoms with van der Waals surface area (Å²) in [6.45, 7) is 4.81. The van der Waals surface area contributed by atoms with E-state index in [0.717, 1.165) is 19.3 Å². The molecule has 1 unspecified atom stereocenters. The number of hydrogen-bond donors (Lipinski definition) is 2. The highest BCUT2D eigenvalue weighted by molar-refractivity contribution is 5.72. The van der Waals surface area contributed by atoms with Crippen molar-refractivity contribution in [2.45, 2.75) is 38.6 Å². The molecular formula is C11H21NO3. The molecule has 0 spiro atoms. The fraction of sp³-hybridized carbons (Fsp3) is 0.909. The van der Waals surface area contributed by atoms with Crippen molar-refractivity contribution in [3.63, 3.8) is 0 Å². The Kier molecular flexibility index (Phi) is 4.54.